The van der Waals surface area contributed by atoms with Gasteiger partial charge in [-0.1, -0.05) is 5.16 Å². The predicted octanol–water partition coefficient (Wildman–Crippen LogP) is 0.523. The molecule has 0 aliphatic rings. The van der Waals surface area contributed by atoms with Crippen molar-refractivity contribution < 1.29 is 23.6 Å². The number of nitrogens with one attached hydrogen (secondary N) is 2. The number of carbonyl (C=O) groups excluding carboxylic acids is 3. The van der Waals surface area contributed by atoms with Crippen LogP contribution in [-0.4, -0.2) is 42.5 Å². The van der Waals surface area contributed by atoms with Crippen LogP contribution in [0.5, 0.6) is 0 Å². The van der Waals surface area contributed by atoms with Crippen molar-refractivity contribution in [1.29, 1.82) is 0 Å². The highest BCUT2D eigenvalue weighted by Crippen LogP contribution is 2.19. The molecule has 0 saturated heterocycles. The summed E-state index contributed by atoms with van der Waals surface area (Å²) in [5.41, 5.74) is 1.74. The van der Waals surface area contributed by atoms with Gasteiger partial charge in [0.15, 0.2) is 6.61 Å². The number of thioether (sulfide) groups is 1. The zero-order chi connectivity index (χ0) is 15.8. The number of rotatable bonds is 6. The first-order valence-corrected chi connectivity index (χ1v) is 7.26. The zero-order valence-corrected chi connectivity index (χ0v) is 12.8. The summed E-state index contributed by atoms with van der Waals surface area (Å²) in [6, 6.07) is -0.649. The first-order valence-electron chi connectivity index (χ1n) is 6.10. The van der Waals surface area contributed by atoms with E-state index in [9.17, 15) is 14.4 Å². The van der Waals surface area contributed by atoms with Crippen LogP contribution in [-0.2, 0) is 20.1 Å². The maximum atomic E-state index is 11.4. The van der Waals surface area contributed by atoms with E-state index < -0.39 is 24.5 Å². The molecule has 0 spiro atoms. The van der Waals surface area contributed by atoms with Gasteiger partial charge in [-0.25, -0.2) is 4.79 Å². The Labute approximate surface area is 126 Å². The van der Waals surface area contributed by atoms with Crippen LogP contribution in [0.15, 0.2) is 4.52 Å². The third-order valence-electron chi connectivity index (χ3n) is 2.49. The molecule has 8 nitrogen and oxygen atoms in total. The van der Waals surface area contributed by atoms with Crippen molar-refractivity contribution in [2.24, 2.45) is 0 Å². The van der Waals surface area contributed by atoms with Crippen molar-refractivity contribution >= 4 is 29.7 Å². The number of amides is 3. The molecule has 0 saturated carbocycles. The van der Waals surface area contributed by atoms with Gasteiger partial charge in [0, 0.05) is 18.4 Å². The third kappa shape index (κ3) is 5.86. The fourth-order valence-corrected chi connectivity index (χ4v) is 2.33. The minimum Gasteiger partial charge on any atom is -0.455 e. The van der Waals surface area contributed by atoms with E-state index in [1.54, 1.807) is 6.92 Å². The molecule has 1 heterocycles. The number of hydrogen-bond donors (Lipinski definition) is 2. The third-order valence-corrected chi connectivity index (χ3v) is 3.42. The highest BCUT2D eigenvalue weighted by molar-refractivity contribution is 7.99. The van der Waals surface area contributed by atoms with Crippen LogP contribution in [0.4, 0.5) is 4.79 Å². The molecular weight excluding hydrogens is 298 g/mol. The molecule has 0 radical (unpaired) electrons. The molecule has 0 aliphatic carbocycles. The number of carbonyl (C=O) groups is 3. The molecule has 9 heteroatoms. The molecule has 1 aromatic rings. The lowest BCUT2D eigenvalue weighted by Gasteiger charge is -2.05. The second-order valence-corrected chi connectivity index (χ2v) is 5.07. The molecule has 3 amide bonds. The van der Waals surface area contributed by atoms with Crippen molar-refractivity contribution in [3.63, 3.8) is 0 Å². The minimum absolute atomic E-state index is 0.0946. The summed E-state index contributed by atoms with van der Waals surface area (Å²) in [7, 11) is 1.37. The Kier molecular flexibility index (Phi) is 6.73. The van der Waals surface area contributed by atoms with Crippen molar-refractivity contribution in [2.75, 3.05) is 19.4 Å². The summed E-state index contributed by atoms with van der Waals surface area (Å²) < 4.78 is 9.75. The number of ether oxygens (including phenoxy) is 1. The normalized spacial score (nSPS) is 10.0. The van der Waals surface area contributed by atoms with E-state index in [4.69, 9.17) is 9.26 Å². The van der Waals surface area contributed by atoms with Gasteiger partial charge in [-0.05, 0) is 13.8 Å². The molecule has 0 aromatic carbocycles. The Morgan fingerprint density at radius 3 is 2.62 bits per heavy atom. The van der Waals surface area contributed by atoms with Crippen molar-refractivity contribution in [3.05, 3.63) is 17.0 Å². The van der Waals surface area contributed by atoms with E-state index in [1.165, 1.54) is 18.8 Å². The molecule has 0 fully saturated rings. The maximum absolute atomic E-state index is 11.4. The zero-order valence-electron chi connectivity index (χ0n) is 12.0. The van der Waals surface area contributed by atoms with Gasteiger partial charge in [-0.15, -0.1) is 11.8 Å². The van der Waals surface area contributed by atoms with Crippen molar-refractivity contribution in [2.45, 2.75) is 19.6 Å². The van der Waals surface area contributed by atoms with Gasteiger partial charge in [0.25, 0.3) is 5.91 Å². The molecule has 0 bridgehead atoms. The lowest BCUT2D eigenvalue weighted by molar-refractivity contribution is -0.145. The summed E-state index contributed by atoms with van der Waals surface area (Å²) in [5.74, 6) is 0.174. The second kappa shape index (κ2) is 8.30. The van der Waals surface area contributed by atoms with Crippen LogP contribution in [0.2, 0.25) is 0 Å². The Hall–Kier alpha value is -2.03. The lowest BCUT2D eigenvalue weighted by Crippen LogP contribution is -2.39. The fourth-order valence-electron chi connectivity index (χ4n) is 1.36. The van der Waals surface area contributed by atoms with Crippen LogP contribution in [0, 0.1) is 13.8 Å². The average molecular weight is 315 g/mol. The first-order chi connectivity index (χ1) is 9.93. The van der Waals surface area contributed by atoms with E-state index in [1.807, 2.05) is 12.2 Å². The molecule has 0 unspecified atom stereocenters. The van der Waals surface area contributed by atoms with Crippen LogP contribution < -0.4 is 10.6 Å². The number of imide groups is 1. The Morgan fingerprint density at radius 2 is 2.05 bits per heavy atom. The van der Waals surface area contributed by atoms with Gasteiger partial charge in [-0.2, -0.15) is 0 Å². The number of urea groups is 1. The van der Waals surface area contributed by atoms with E-state index in [0.717, 1.165) is 17.0 Å². The monoisotopic (exact) mass is 315 g/mol. The number of nitrogens with zero attached hydrogens (tertiary/aromatic N) is 1. The van der Waals surface area contributed by atoms with Gasteiger partial charge in [-0.3, -0.25) is 14.9 Å². The van der Waals surface area contributed by atoms with Gasteiger partial charge < -0.3 is 14.6 Å². The number of aromatic nitrogens is 1. The number of esters is 1. The SMILES string of the molecule is CNC(=O)NC(=O)COC(=O)CSCc1c(C)noc1C. The van der Waals surface area contributed by atoms with Gasteiger partial charge in [0.05, 0.1) is 11.4 Å². The van der Waals surface area contributed by atoms with Gasteiger partial charge in [0.2, 0.25) is 0 Å². The van der Waals surface area contributed by atoms with E-state index in [0.29, 0.717) is 5.75 Å². The van der Waals surface area contributed by atoms with Crippen molar-refractivity contribution in [3.8, 4) is 0 Å². The van der Waals surface area contributed by atoms with Gasteiger partial charge in [0.1, 0.15) is 5.76 Å². The molecule has 1 rings (SSSR count). The molecule has 116 valence electrons. The smallest absolute Gasteiger partial charge is 0.321 e. The summed E-state index contributed by atoms with van der Waals surface area (Å²) in [5, 5.41) is 8.01. The number of aryl methyl sites for hydroxylation is 2. The molecule has 0 aliphatic heterocycles. The van der Waals surface area contributed by atoms with E-state index >= 15 is 0 Å². The molecular formula is C12H17N3O5S. The Balaban J connectivity index is 2.23. The highest BCUT2D eigenvalue weighted by atomic mass is 32.2. The topological polar surface area (TPSA) is 111 Å². The quantitative estimate of drug-likeness (QED) is 0.736. The van der Waals surface area contributed by atoms with Gasteiger partial charge >= 0.3 is 12.0 Å². The lowest BCUT2D eigenvalue weighted by atomic mass is 10.2. The molecule has 0 atom stereocenters. The summed E-state index contributed by atoms with van der Waals surface area (Å²) in [4.78, 5) is 33.5. The standard InChI is InChI=1S/C12H17N3O5S/c1-7-9(8(2)20-15-7)5-21-6-11(17)19-4-10(16)14-12(18)13-3/h4-6H2,1-3H3,(H2,13,14,16,18). The summed E-state index contributed by atoms with van der Waals surface area (Å²) in [6.07, 6.45) is 0. The summed E-state index contributed by atoms with van der Waals surface area (Å²) in [6.45, 7) is 3.14. The molecule has 2 N–H and O–H groups in total. The van der Waals surface area contributed by atoms with Crippen molar-refractivity contribution in [1.82, 2.24) is 15.8 Å². The van der Waals surface area contributed by atoms with E-state index in [2.05, 4.69) is 10.5 Å². The molecule has 21 heavy (non-hydrogen) atoms. The van der Waals surface area contributed by atoms with Crippen LogP contribution in [0.1, 0.15) is 17.0 Å². The largest absolute Gasteiger partial charge is 0.455 e. The second-order valence-electron chi connectivity index (χ2n) is 4.08. The highest BCUT2D eigenvalue weighted by Gasteiger charge is 2.12. The Morgan fingerprint density at radius 1 is 1.33 bits per heavy atom. The average Bonchev–Trinajstić information content (AvgIpc) is 2.76. The van der Waals surface area contributed by atoms with E-state index in [-0.39, 0.29) is 5.75 Å². The van der Waals surface area contributed by atoms with Crippen LogP contribution in [0.3, 0.4) is 0 Å². The molecule has 1 aromatic heterocycles. The number of hydrogen-bond acceptors (Lipinski definition) is 7. The van der Waals surface area contributed by atoms with Crippen LogP contribution >= 0.6 is 11.8 Å². The van der Waals surface area contributed by atoms with Crippen LogP contribution in [0.25, 0.3) is 0 Å². The fraction of sp³-hybridized carbons (Fsp3) is 0.500. The first kappa shape index (κ1) is 17.0. The predicted molar refractivity (Wildman–Crippen MR) is 75.7 cm³/mol. The Bertz CT molecular complexity index is 509. The minimum atomic E-state index is -0.682. The summed E-state index contributed by atoms with van der Waals surface area (Å²) >= 11 is 1.33. The maximum Gasteiger partial charge on any atom is 0.321 e.